The Hall–Kier alpha value is -2.56. The molecule has 0 amide bonds. The van der Waals surface area contributed by atoms with Crippen LogP contribution in [0.3, 0.4) is 0 Å². The third kappa shape index (κ3) is 3.98. The number of thioether (sulfide) groups is 1. The van der Waals surface area contributed by atoms with Gasteiger partial charge in [0.05, 0.1) is 5.69 Å². The molecular formula is C21H20N2O3S2. The predicted molar refractivity (Wildman–Crippen MR) is 112 cm³/mol. The summed E-state index contributed by atoms with van der Waals surface area (Å²) in [6.07, 6.45) is 1.90. The van der Waals surface area contributed by atoms with E-state index < -0.39 is 18.4 Å². The van der Waals surface area contributed by atoms with Crippen molar-refractivity contribution in [2.75, 3.05) is 18.6 Å². The van der Waals surface area contributed by atoms with Gasteiger partial charge in [0.2, 0.25) is 5.78 Å². The fourth-order valence-corrected chi connectivity index (χ4v) is 5.09. The zero-order valence-corrected chi connectivity index (χ0v) is 17.6. The van der Waals surface area contributed by atoms with Gasteiger partial charge in [0.1, 0.15) is 21.5 Å². The third-order valence-electron chi connectivity index (χ3n) is 4.42. The van der Waals surface area contributed by atoms with E-state index in [1.807, 2.05) is 55.3 Å². The number of benzene rings is 1. The lowest BCUT2D eigenvalue weighted by molar-refractivity contribution is -0.118. The highest BCUT2D eigenvalue weighted by Crippen LogP contribution is 2.46. The van der Waals surface area contributed by atoms with Crippen LogP contribution < -0.4 is 4.90 Å². The molecule has 0 bridgehead atoms. The van der Waals surface area contributed by atoms with Gasteiger partial charge in [0.25, 0.3) is 0 Å². The number of hydrogen-bond acceptors (Lipinski definition) is 7. The molecule has 0 unspecified atom stereocenters. The van der Waals surface area contributed by atoms with Crippen molar-refractivity contribution in [3.63, 3.8) is 0 Å². The summed E-state index contributed by atoms with van der Waals surface area (Å²) in [5.74, 6) is -1.03. The molecule has 1 aliphatic rings. The molecular weight excluding hydrogens is 392 g/mol. The first-order valence-electron chi connectivity index (χ1n) is 8.90. The van der Waals surface area contributed by atoms with Crippen LogP contribution in [0.15, 0.2) is 45.8 Å². The predicted octanol–water partition coefficient (Wildman–Crippen LogP) is 4.71. The number of hydrogen-bond donors (Lipinski definition) is 0. The second kappa shape index (κ2) is 8.63. The summed E-state index contributed by atoms with van der Waals surface area (Å²) in [7, 11) is 1.81. The van der Waals surface area contributed by atoms with Crippen molar-refractivity contribution >= 4 is 40.5 Å². The average molecular weight is 413 g/mol. The zero-order chi connectivity index (χ0) is 20.3. The van der Waals surface area contributed by atoms with Crippen LogP contribution in [-0.2, 0) is 16.0 Å². The fourth-order valence-electron chi connectivity index (χ4n) is 2.96. The molecule has 3 rings (SSSR count). The second-order valence-corrected chi connectivity index (χ2v) is 8.65. The average Bonchev–Trinajstić information content (AvgIpc) is 3.22. The van der Waals surface area contributed by atoms with Crippen molar-refractivity contribution in [2.24, 2.45) is 0 Å². The summed E-state index contributed by atoms with van der Waals surface area (Å²) >= 11 is 2.74. The minimum absolute atomic E-state index is 0.00512. The van der Waals surface area contributed by atoms with E-state index in [0.717, 1.165) is 33.9 Å². The standard InChI is InChI=1S/C21H20N2O3S2/c1-4-7-14-10-19(27-13(14)2)21(25)26-12-17(24)15(11-22)20-23(3)16-8-5-6-9-18(16)28-20/h5-6,8-10H,4,7,12H2,1-3H3/b20-15-. The number of carbonyl (C=O) groups is 2. The molecule has 0 saturated heterocycles. The first kappa shape index (κ1) is 20.2. The van der Waals surface area contributed by atoms with Crippen molar-refractivity contribution in [3.8, 4) is 6.07 Å². The third-order valence-corrected chi connectivity index (χ3v) is 6.73. The molecule has 0 spiro atoms. The van der Waals surface area contributed by atoms with Gasteiger partial charge >= 0.3 is 5.97 Å². The number of anilines is 1. The van der Waals surface area contributed by atoms with Gasteiger partial charge in [0, 0.05) is 16.8 Å². The minimum atomic E-state index is -0.526. The molecule has 0 fully saturated rings. The number of ketones is 1. The highest BCUT2D eigenvalue weighted by Gasteiger charge is 2.28. The van der Waals surface area contributed by atoms with Crippen LogP contribution in [-0.4, -0.2) is 25.4 Å². The smallest absolute Gasteiger partial charge is 0.348 e. The number of fused-ring (bicyclic) bond motifs is 1. The number of para-hydroxylation sites is 1. The number of nitrogens with zero attached hydrogens (tertiary/aromatic N) is 2. The summed E-state index contributed by atoms with van der Waals surface area (Å²) in [6, 6.07) is 11.5. The molecule has 0 radical (unpaired) electrons. The number of nitriles is 1. The summed E-state index contributed by atoms with van der Waals surface area (Å²) in [5.41, 5.74) is 2.08. The molecule has 0 N–H and O–H groups in total. The van der Waals surface area contributed by atoms with Gasteiger partial charge in [-0.1, -0.05) is 37.2 Å². The Morgan fingerprint density at radius 2 is 2.04 bits per heavy atom. The van der Waals surface area contributed by atoms with E-state index >= 15 is 0 Å². The Morgan fingerprint density at radius 3 is 2.71 bits per heavy atom. The maximum atomic E-state index is 12.6. The van der Waals surface area contributed by atoms with Crippen molar-refractivity contribution in [3.05, 3.63) is 56.3 Å². The van der Waals surface area contributed by atoms with E-state index in [1.165, 1.54) is 23.1 Å². The first-order valence-corrected chi connectivity index (χ1v) is 10.5. The lowest BCUT2D eigenvalue weighted by atomic mass is 10.1. The van der Waals surface area contributed by atoms with Gasteiger partial charge in [-0.05, 0) is 37.1 Å². The fraction of sp³-hybridized carbons (Fsp3) is 0.286. The molecule has 1 aromatic carbocycles. The minimum Gasteiger partial charge on any atom is -0.453 e. The van der Waals surface area contributed by atoms with E-state index in [9.17, 15) is 14.9 Å². The van der Waals surface area contributed by atoms with Gasteiger partial charge in [0.15, 0.2) is 6.61 Å². The quantitative estimate of drug-likeness (QED) is 0.389. The first-order chi connectivity index (χ1) is 13.5. The molecule has 28 heavy (non-hydrogen) atoms. The second-order valence-electron chi connectivity index (χ2n) is 6.36. The lowest BCUT2D eigenvalue weighted by Gasteiger charge is -2.14. The topological polar surface area (TPSA) is 70.4 Å². The van der Waals surface area contributed by atoms with Crippen LogP contribution in [0.1, 0.15) is 33.5 Å². The number of ether oxygens (including phenoxy) is 1. The molecule has 7 heteroatoms. The molecule has 0 aliphatic carbocycles. The Kier molecular flexibility index (Phi) is 6.22. The van der Waals surface area contributed by atoms with E-state index in [-0.39, 0.29) is 5.57 Å². The van der Waals surface area contributed by atoms with E-state index in [4.69, 9.17) is 4.74 Å². The number of aryl methyl sites for hydroxylation is 2. The van der Waals surface area contributed by atoms with Crippen LogP contribution >= 0.6 is 23.1 Å². The molecule has 0 saturated carbocycles. The summed E-state index contributed by atoms with van der Waals surface area (Å²) in [5, 5.41) is 10.1. The molecule has 5 nitrogen and oxygen atoms in total. The number of Topliss-reactive ketones (excluding diaryl/α,β-unsaturated/α-hetero) is 1. The SMILES string of the molecule is CCCc1cc(C(=O)OCC(=O)/C(C#N)=C2\Sc3ccccc3N2C)sc1C. The van der Waals surface area contributed by atoms with Crippen molar-refractivity contribution in [1.29, 1.82) is 5.26 Å². The van der Waals surface area contributed by atoms with Crippen LogP contribution in [0.25, 0.3) is 0 Å². The van der Waals surface area contributed by atoms with E-state index in [0.29, 0.717) is 9.91 Å². The van der Waals surface area contributed by atoms with Crippen LogP contribution in [0, 0.1) is 18.3 Å². The van der Waals surface area contributed by atoms with Crippen molar-refractivity contribution in [1.82, 2.24) is 0 Å². The Balaban J connectivity index is 1.71. The van der Waals surface area contributed by atoms with Gasteiger partial charge < -0.3 is 9.64 Å². The molecule has 2 aromatic rings. The van der Waals surface area contributed by atoms with Crippen molar-refractivity contribution in [2.45, 2.75) is 31.6 Å². The number of esters is 1. The van der Waals surface area contributed by atoms with Gasteiger partial charge in [-0.3, -0.25) is 4.79 Å². The Bertz CT molecular complexity index is 1000. The van der Waals surface area contributed by atoms with Crippen LogP contribution in [0.4, 0.5) is 5.69 Å². The zero-order valence-electron chi connectivity index (χ0n) is 15.9. The maximum Gasteiger partial charge on any atom is 0.348 e. The molecule has 1 aliphatic heterocycles. The van der Waals surface area contributed by atoms with Crippen molar-refractivity contribution < 1.29 is 14.3 Å². The number of carbonyl (C=O) groups excluding carboxylic acids is 2. The molecule has 1 aromatic heterocycles. The summed E-state index contributed by atoms with van der Waals surface area (Å²) < 4.78 is 5.20. The van der Waals surface area contributed by atoms with Crippen LogP contribution in [0.5, 0.6) is 0 Å². The molecule has 2 heterocycles. The van der Waals surface area contributed by atoms with Gasteiger partial charge in [-0.25, -0.2) is 4.79 Å². The maximum absolute atomic E-state index is 12.6. The van der Waals surface area contributed by atoms with Gasteiger partial charge in [-0.15, -0.1) is 11.3 Å². The summed E-state index contributed by atoms with van der Waals surface area (Å²) in [6.45, 7) is 3.61. The molecule has 144 valence electrons. The Morgan fingerprint density at radius 1 is 1.29 bits per heavy atom. The van der Waals surface area contributed by atoms with E-state index in [1.54, 1.807) is 0 Å². The monoisotopic (exact) mass is 412 g/mol. The summed E-state index contributed by atoms with van der Waals surface area (Å²) in [4.78, 5) is 29.3. The van der Waals surface area contributed by atoms with Crippen LogP contribution in [0.2, 0.25) is 0 Å². The number of rotatable bonds is 6. The largest absolute Gasteiger partial charge is 0.453 e. The van der Waals surface area contributed by atoms with E-state index in [2.05, 4.69) is 6.92 Å². The Labute approximate surface area is 172 Å². The highest BCUT2D eigenvalue weighted by molar-refractivity contribution is 8.03. The normalized spacial score (nSPS) is 14.4. The highest BCUT2D eigenvalue weighted by atomic mass is 32.2. The van der Waals surface area contributed by atoms with Gasteiger partial charge in [-0.2, -0.15) is 5.26 Å². The number of thiophene rings is 1. The lowest BCUT2D eigenvalue weighted by Crippen LogP contribution is -2.19. The molecule has 0 atom stereocenters.